The molecule has 0 fully saturated rings. The zero-order valence-electron chi connectivity index (χ0n) is 10.6. The molecule has 0 spiro atoms. The van der Waals surface area contributed by atoms with Crippen LogP contribution in [0.3, 0.4) is 0 Å². The molecule has 0 unspecified atom stereocenters. The molecule has 3 rings (SSSR count). The van der Waals surface area contributed by atoms with Gasteiger partial charge in [0.2, 0.25) is 5.91 Å². The van der Waals surface area contributed by atoms with Gasteiger partial charge >= 0.3 is 0 Å². The van der Waals surface area contributed by atoms with Gasteiger partial charge in [-0.25, -0.2) is 9.37 Å². The van der Waals surface area contributed by atoms with Gasteiger partial charge in [-0.1, -0.05) is 17.4 Å². The minimum absolute atomic E-state index is 0.154. The lowest BCUT2D eigenvalue weighted by atomic mass is 10.1. The fourth-order valence-corrected chi connectivity index (χ4v) is 2.83. The molecule has 0 aliphatic heterocycles. The lowest BCUT2D eigenvalue weighted by Crippen LogP contribution is -2.04. The number of carbonyl (C=O) groups is 1. The molecular formula is C14H10FN3OS. The number of thiazole rings is 1. The van der Waals surface area contributed by atoms with E-state index < -0.39 is 0 Å². The van der Waals surface area contributed by atoms with E-state index in [1.165, 1.54) is 30.5 Å². The van der Waals surface area contributed by atoms with E-state index in [0.717, 1.165) is 15.8 Å². The van der Waals surface area contributed by atoms with Crippen LogP contribution in [0, 0.1) is 5.82 Å². The number of hydrogen-bond acceptors (Lipinski definition) is 4. The number of rotatable bonds is 2. The number of benzene rings is 1. The summed E-state index contributed by atoms with van der Waals surface area (Å²) in [5.41, 5.74) is 2.37. The number of hydrogen-bond donors (Lipinski definition) is 1. The SMILES string of the molecule is CC(=O)Nc1nc2ccc(-c3cncc(F)c3)cc2s1. The van der Waals surface area contributed by atoms with Gasteiger partial charge in [0.1, 0.15) is 5.82 Å². The lowest BCUT2D eigenvalue weighted by molar-refractivity contribution is -0.114. The van der Waals surface area contributed by atoms with Crippen LogP contribution in [0.1, 0.15) is 6.92 Å². The third-order valence-electron chi connectivity index (χ3n) is 2.71. The van der Waals surface area contributed by atoms with Gasteiger partial charge in [-0.3, -0.25) is 9.78 Å². The van der Waals surface area contributed by atoms with E-state index in [-0.39, 0.29) is 11.7 Å². The van der Waals surface area contributed by atoms with Gasteiger partial charge in [0, 0.05) is 18.7 Å². The molecule has 6 heteroatoms. The Kier molecular flexibility index (Phi) is 3.15. The minimum Gasteiger partial charge on any atom is -0.302 e. The Hall–Kier alpha value is -2.34. The number of fused-ring (bicyclic) bond motifs is 1. The van der Waals surface area contributed by atoms with Crippen LogP contribution in [0.4, 0.5) is 9.52 Å². The van der Waals surface area contributed by atoms with E-state index >= 15 is 0 Å². The number of anilines is 1. The van der Waals surface area contributed by atoms with Crippen molar-refractivity contribution in [1.29, 1.82) is 0 Å². The maximum atomic E-state index is 13.2. The van der Waals surface area contributed by atoms with E-state index in [4.69, 9.17) is 0 Å². The molecule has 0 bridgehead atoms. The van der Waals surface area contributed by atoms with Crippen molar-refractivity contribution in [3.63, 3.8) is 0 Å². The summed E-state index contributed by atoms with van der Waals surface area (Å²) >= 11 is 1.38. The molecule has 1 aromatic carbocycles. The summed E-state index contributed by atoms with van der Waals surface area (Å²) in [7, 11) is 0. The first-order valence-electron chi connectivity index (χ1n) is 5.91. The highest BCUT2D eigenvalue weighted by atomic mass is 32.1. The third kappa shape index (κ3) is 2.50. The molecule has 2 heterocycles. The highest BCUT2D eigenvalue weighted by Crippen LogP contribution is 2.30. The smallest absolute Gasteiger partial charge is 0.223 e. The Balaban J connectivity index is 2.04. The van der Waals surface area contributed by atoms with Crippen molar-refractivity contribution in [2.75, 3.05) is 5.32 Å². The zero-order chi connectivity index (χ0) is 14.1. The van der Waals surface area contributed by atoms with Crippen LogP contribution in [0.2, 0.25) is 0 Å². The molecule has 100 valence electrons. The van der Waals surface area contributed by atoms with Crippen molar-refractivity contribution in [2.45, 2.75) is 6.92 Å². The van der Waals surface area contributed by atoms with Crippen molar-refractivity contribution in [3.05, 3.63) is 42.5 Å². The quantitative estimate of drug-likeness (QED) is 0.785. The van der Waals surface area contributed by atoms with E-state index in [1.54, 1.807) is 6.20 Å². The average molecular weight is 287 g/mol. The summed E-state index contributed by atoms with van der Waals surface area (Å²) in [6.45, 7) is 1.44. The molecule has 0 saturated carbocycles. The maximum Gasteiger partial charge on any atom is 0.223 e. The van der Waals surface area contributed by atoms with Gasteiger partial charge in [-0.2, -0.15) is 0 Å². The van der Waals surface area contributed by atoms with Crippen molar-refractivity contribution in [1.82, 2.24) is 9.97 Å². The van der Waals surface area contributed by atoms with Crippen LogP contribution in [0.25, 0.3) is 21.3 Å². The number of pyridine rings is 1. The third-order valence-corrected chi connectivity index (χ3v) is 3.64. The summed E-state index contributed by atoms with van der Waals surface area (Å²) in [5.74, 6) is -0.524. The second kappa shape index (κ2) is 4.97. The van der Waals surface area contributed by atoms with E-state index in [2.05, 4.69) is 15.3 Å². The zero-order valence-corrected chi connectivity index (χ0v) is 11.4. The van der Waals surface area contributed by atoms with Crippen LogP contribution in [0.5, 0.6) is 0 Å². The monoisotopic (exact) mass is 287 g/mol. The Morgan fingerprint density at radius 1 is 1.25 bits per heavy atom. The van der Waals surface area contributed by atoms with Crippen LogP contribution < -0.4 is 5.32 Å². The highest BCUT2D eigenvalue weighted by molar-refractivity contribution is 7.22. The first-order chi connectivity index (χ1) is 9.61. The number of halogens is 1. The molecule has 1 N–H and O–H groups in total. The number of carbonyl (C=O) groups excluding carboxylic acids is 1. The predicted molar refractivity (Wildman–Crippen MR) is 77.1 cm³/mol. The van der Waals surface area contributed by atoms with E-state index in [9.17, 15) is 9.18 Å². The predicted octanol–water partition coefficient (Wildman–Crippen LogP) is 3.46. The van der Waals surface area contributed by atoms with Crippen LogP contribution in [-0.2, 0) is 4.79 Å². The van der Waals surface area contributed by atoms with Gasteiger partial charge < -0.3 is 5.32 Å². The van der Waals surface area contributed by atoms with Gasteiger partial charge in [0.05, 0.1) is 16.4 Å². The van der Waals surface area contributed by atoms with Gasteiger partial charge in [-0.05, 0) is 23.8 Å². The average Bonchev–Trinajstić information content (AvgIpc) is 2.78. The molecule has 0 saturated heterocycles. The highest BCUT2D eigenvalue weighted by Gasteiger charge is 2.07. The largest absolute Gasteiger partial charge is 0.302 e. The Morgan fingerprint density at radius 2 is 2.10 bits per heavy atom. The standard InChI is InChI=1S/C14H10FN3OS/c1-8(19)17-14-18-12-3-2-9(5-13(12)20-14)10-4-11(15)7-16-6-10/h2-7H,1H3,(H,17,18,19). The molecule has 0 aliphatic rings. The summed E-state index contributed by atoms with van der Waals surface area (Å²) in [6, 6.07) is 7.05. The first kappa shape index (κ1) is 12.7. The summed E-state index contributed by atoms with van der Waals surface area (Å²) in [4.78, 5) is 19.2. The first-order valence-corrected chi connectivity index (χ1v) is 6.72. The number of nitrogens with zero attached hydrogens (tertiary/aromatic N) is 2. The minimum atomic E-state index is -0.370. The van der Waals surface area contributed by atoms with Crippen molar-refractivity contribution < 1.29 is 9.18 Å². The van der Waals surface area contributed by atoms with Crippen LogP contribution in [0.15, 0.2) is 36.7 Å². The van der Waals surface area contributed by atoms with E-state index in [1.807, 2.05) is 18.2 Å². The molecule has 2 aromatic heterocycles. The maximum absolute atomic E-state index is 13.2. The van der Waals surface area contributed by atoms with Crippen LogP contribution >= 0.6 is 11.3 Å². The fraction of sp³-hybridized carbons (Fsp3) is 0.0714. The fourth-order valence-electron chi connectivity index (χ4n) is 1.88. The lowest BCUT2D eigenvalue weighted by Gasteiger charge is -2.00. The second-order valence-electron chi connectivity index (χ2n) is 4.27. The number of aromatic nitrogens is 2. The summed E-state index contributed by atoms with van der Waals surface area (Å²) in [6.07, 6.45) is 2.78. The summed E-state index contributed by atoms with van der Waals surface area (Å²) in [5, 5.41) is 3.22. The summed E-state index contributed by atoms with van der Waals surface area (Å²) < 4.78 is 14.1. The Labute approximate surface area is 118 Å². The normalized spacial score (nSPS) is 10.7. The number of nitrogens with one attached hydrogen (secondary N) is 1. The molecule has 20 heavy (non-hydrogen) atoms. The number of amides is 1. The van der Waals surface area contributed by atoms with Gasteiger partial charge in [-0.15, -0.1) is 0 Å². The Bertz CT molecular complexity index is 800. The molecule has 0 aliphatic carbocycles. The second-order valence-corrected chi connectivity index (χ2v) is 5.31. The molecule has 3 aromatic rings. The van der Waals surface area contributed by atoms with Crippen molar-refractivity contribution >= 4 is 32.6 Å². The van der Waals surface area contributed by atoms with Gasteiger partial charge in [0.25, 0.3) is 0 Å². The molecular weight excluding hydrogens is 277 g/mol. The van der Waals surface area contributed by atoms with Crippen molar-refractivity contribution in [2.24, 2.45) is 0 Å². The van der Waals surface area contributed by atoms with Crippen molar-refractivity contribution in [3.8, 4) is 11.1 Å². The molecule has 4 nitrogen and oxygen atoms in total. The Morgan fingerprint density at radius 3 is 2.85 bits per heavy atom. The van der Waals surface area contributed by atoms with E-state index in [0.29, 0.717) is 10.7 Å². The molecule has 0 atom stereocenters. The molecule has 0 radical (unpaired) electrons. The molecule has 1 amide bonds. The van der Waals surface area contributed by atoms with Gasteiger partial charge in [0.15, 0.2) is 5.13 Å². The topological polar surface area (TPSA) is 54.9 Å². The van der Waals surface area contributed by atoms with Crippen LogP contribution in [-0.4, -0.2) is 15.9 Å².